The Hall–Kier alpha value is -1.62. The topological polar surface area (TPSA) is 74.6 Å². The third-order valence-corrected chi connectivity index (χ3v) is 1.84. The highest BCUT2D eigenvalue weighted by molar-refractivity contribution is 5.86. The number of rotatable bonds is 6. The molecule has 0 aromatic heterocycles. The van der Waals surface area contributed by atoms with Crippen LogP contribution < -0.4 is 0 Å². The molecule has 0 heterocycles. The molecule has 0 radical (unpaired) electrons. The van der Waals surface area contributed by atoms with E-state index >= 15 is 0 Å². The van der Waals surface area contributed by atoms with Gasteiger partial charge in [-0.15, -0.1) is 0 Å². The molecule has 5 heteroatoms. The normalized spacial score (nSPS) is 10.8. The molecule has 0 saturated heterocycles. The zero-order chi connectivity index (χ0) is 12.2. The van der Waals surface area contributed by atoms with E-state index in [4.69, 9.17) is 10.2 Å². The Morgan fingerprint density at radius 3 is 1.47 bits per heavy atom. The van der Waals surface area contributed by atoms with Gasteiger partial charge in [-0.1, -0.05) is 13.2 Å². The Kier molecular flexibility index (Phi) is 4.23. The first-order chi connectivity index (χ1) is 6.65. The maximum Gasteiger partial charge on any atom is 0.336 e. The highest BCUT2D eigenvalue weighted by Gasteiger charge is 2.23. The molecule has 84 valence electrons. The Bertz CT molecular complexity index is 287. The van der Waals surface area contributed by atoms with Crippen molar-refractivity contribution in [1.82, 2.24) is 0 Å². The molecule has 15 heavy (non-hydrogen) atoms. The van der Waals surface area contributed by atoms with Crippen LogP contribution in [0.4, 0.5) is 0 Å². The lowest BCUT2D eigenvalue weighted by atomic mass is 10.2. The fraction of sp³-hybridized carbons (Fsp3) is 0.400. The van der Waals surface area contributed by atoms with Crippen LogP contribution in [0.15, 0.2) is 24.3 Å². The minimum Gasteiger partial charge on any atom is -0.478 e. The van der Waals surface area contributed by atoms with Crippen molar-refractivity contribution in [3.05, 3.63) is 24.3 Å². The molecule has 0 aliphatic heterocycles. The van der Waals surface area contributed by atoms with Crippen molar-refractivity contribution in [2.75, 3.05) is 27.2 Å². The molecule has 0 aliphatic rings. The first-order valence-corrected chi connectivity index (χ1v) is 4.30. The number of carboxylic acid groups (broad SMARTS) is 2. The summed E-state index contributed by atoms with van der Waals surface area (Å²) in [5, 5.41) is 17.3. The summed E-state index contributed by atoms with van der Waals surface area (Å²) in [5.74, 6) is -2.13. The molecule has 5 nitrogen and oxygen atoms in total. The highest BCUT2D eigenvalue weighted by atomic mass is 16.4. The number of hydrogen-bond donors (Lipinski definition) is 2. The largest absolute Gasteiger partial charge is 0.478 e. The Morgan fingerprint density at radius 2 is 1.27 bits per heavy atom. The molecule has 0 amide bonds. The van der Waals surface area contributed by atoms with Gasteiger partial charge in [0.1, 0.15) is 13.1 Å². The number of carbonyl (C=O) groups is 2. The maximum atomic E-state index is 10.5. The molecule has 0 atom stereocenters. The van der Waals surface area contributed by atoms with Crippen LogP contribution >= 0.6 is 0 Å². The van der Waals surface area contributed by atoms with Crippen LogP contribution in [0.3, 0.4) is 0 Å². The van der Waals surface area contributed by atoms with E-state index in [-0.39, 0.29) is 28.7 Å². The van der Waals surface area contributed by atoms with Crippen LogP contribution in [0.25, 0.3) is 0 Å². The van der Waals surface area contributed by atoms with Gasteiger partial charge in [-0.05, 0) is 0 Å². The third-order valence-electron chi connectivity index (χ3n) is 1.84. The summed E-state index contributed by atoms with van der Waals surface area (Å²) in [6.07, 6.45) is 0. The second-order valence-corrected chi connectivity index (χ2v) is 4.07. The second-order valence-electron chi connectivity index (χ2n) is 4.07. The van der Waals surface area contributed by atoms with Crippen molar-refractivity contribution in [3.8, 4) is 0 Å². The number of quaternary nitrogens is 1. The quantitative estimate of drug-likeness (QED) is 0.494. The molecule has 2 N–H and O–H groups in total. The molecule has 0 aromatic carbocycles. The van der Waals surface area contributed by atoms with E-state index in [1.807, 2.05) is 0 Å². The molecule has 0 saturated carbocycles. The van der Waals surface area contributed by atoms with Crippen molar-refractivity contribution in [2.24, 2.45) is 0 Å². The Labute approximate surface area is 88.5 Å². The molecular weight excluding hydrogens is 198 g/mol. The van der Waals surface area contributed by atoms with Crippen LogP contribution in [-0.2, 0) is 9.59 Å². The molecule has 0 aliphatic carbocycles. The van der Waals surface area contributed by atoms with Gasteiger partial charge in [0.25, 0.3) is 0 Å². The summed E-state index contributed by atoms with van der Waals surface area (Å²) in [7, 11) is 3.45. The van der Waals surface area contributed by atoms with Crippen LogP contribution in [0.1, 0.15) is 0 Å². The first kappa shape index (κ1) is 13.4. The summed E-state index contributed by atoms with van der Waals surface area (Å²) in [6, 6.07) is 0. The molecule has 0 aromatic rings. The van der Waals surface area contributed by atoms with E-state index < -0.39 is 11.9 Å². The summed E-state index contributed by atoms with van der Waals surface area (Å²) in [5.41, 5.74) is 0.108. The van der Waals surface area contributed by atoms with Crippen LogP contribution in [-0.4, -0.2) is 53.8 Å². The standard InChI is InChI=1S/C10H15NO4/c1-7(9(12)13)5-11(3,4)6-8(2)10(14)15/h1-2,5-6H2,3-4H3,(H-,12,13,14,15)/p+1. The van der Waals surface area contributed by atoms with Gasteiger partial charge >= 0.3 is 11.9 Å². The Morgan fingerprint density at radius 1 is 1.00 bits per heavy atom. The van der Waals surface area contributed by atoms with Crippen molar-refractivity contribution in [1.29, 1.82) is 0 Å². The van der Waals surface area contributed by atoms with E-state index in [1.54, 1.807) is 14.1 Å². The molecule has 0 spiro atoms. The van der Waals surface area contributed by atoms with Crippen molar-refractivity contribution in [2.45, 2.75) is 0 Å². The lowest BCUT2D eigenvalue weighted by Gasteiger charge is -2.29. The summed E-state index contributed by atoms with van der Waals surface area (Å²) in [4.78, 5) is 21.1. The predicted molar refractivity (Wildman–Crippen MR) is 55.4 cm³/mol. The number of likely N-dealkylation sites (N-methyl/N-ethyl adjacent to an activating group) is 1. The Balaban J connectivity index is 4.43. The summed E-state index contributed by atoms with van der Waals surface area (Å²) in [6.45, 7) is 7.16. The number of aliphatic carboxylic acids is 2. The highest BCUT2D eigenvalue weighted by Crippen LogP contribution is 2.07. The average Bonchev–Trinajstić information content (AvgIpc) is 2.01. The van der Waals surface area contributed by atoms with Crippen LogP contribution in [0, 0.1) is 0 Å². The van der Waals surface area contributed by atoms with Crippen molar-refractivity contribution in [3.63, 3.8) is 0 Å². The van der Waals surface area contributed by atoms with Gasteiger partial charge in [0.2, 0.25) is 0 Å². The van der Waals surface area contributed by atoms with E-state index in [9.17, 15) is 9.59 Å². The molecule has 0 bridgehead atoms. The van der Waals surface area contributed by atoms with Crippen LogP contribution in [0.5, 0.6) is 0 Å². The lowest BCUT2D eigenvalue weighted by Crippen LogP contribution is -2.44. The fourth-order valence-corrected chi connectivity index (χ4v) is 1.22. The zero-order valence-electron chi connectivity index (χ0n) is 8.99. The monoisotopic (exact) mass is 214 g/mol. The van der Waals surface area contributed by atoms with Gasteiger partial charge in [-0.2, -0.15) is 0 Å². The van der Waals surface area contributed by atoms with Gasteiger partial charge in [0.05, 0.1) is 25.2 Å². The van der Waals surface area contributed by atoms with Gasteiger partial charge < -0.3 is 14.7 Å². The average molecular weight is 214 g/mol. The molecular formula is C10H16NO4+. The van der Waals surface area contributed by atoms with E-state index in [0.29, 0.717) is 0 Å². The lowest BCUT2D eigenvalue weighted by molar-refractivity contribution is -0.880. The predicted octanol–water partition coefficient (Wildman–Crippen LogP) is 0.344. The SMILES string of the molecule is C=C(C[N+](C)(C)CC(=C)C(=O)O)C(=O)O. The van der Waals surface area contributed by atoms with Crippen molar-refractivity contribution < 1.29 is 24.3 Å². The smallest absolute Gasteiger partial charge is 0.336 e. The van der Waals surface area contributed by atoms with Crippen molar-refractivity contribution >= 4 is 11.9 Å². The second kappa shape index (κ2) is 4.75. The molecule has 0 rings (SSSR count). The zero-order valence-corrected chi connectivity index (χ0v) is 8.99. The minimum absolute atomic E-state index is 0.0539. The fourth-order valence-electron chi connectivity index (χ4n) is 1.22. The van der Waals surface area contributed by atoms with Gasteiger partial charge in [0, 0.05) is 0 Å². The number of nitrogens with zero attached hydrogens (tertiary/aromatic N) is 1. The van der Waals surface area contributed by atoms with Gasteiger partial charge in [-0.3, -0.25) is 0 Å². The number of carboxylic acids is 2. The van der Waals surface area contributed by atoms with Gasteiger partial charge in [-0.25, -0.2) is 9.59 Å². The summed E-state index contributed by atoms with van der Waals surface area (Å²) >= 11 is 0. The summed E-state index contributed by atoms with van der Waals surface area (Å²) < 4.78 is 0.205. The molecule has 0 fully saturated rings. The maximum absolute atomic E-state index is 10.5. The van der Waals surface area contributed by atoms with Crippen LogP contribution in [0.2, 0.25) is 0 Å². The van der Waals surface area contributed by atoms with E-state index in [1.165, 1.54) is 0 Å². The minimum atomic E-state index is -1.07. The van der Waals surface area contributed by atoms with E-state index in [2.05, 4.69) is 13.2 Å². The van der Waals surface area contributed by atoms with E-state index in [0.717, 1.165) is 0 Å². The first-order valence-electron chi connectivity index (χ1n) is 4.30. The third kappa shape index (κ3) is 4.97. The molecule has 0 unspecified atom stereocenters. The number of hydrogen-bond acceptors (Lipinski definition) is 2. The van der Waals surface area contributed by atoms with Gasteiger partial charge in [0.15, 0.2) is 0 Å².